The van der Waals surface area contributed by atoms with Gasteiger partial charge in [-0.15, -0.1) is 11.6 Å². The lowest BCUT2D eigenvalue weighted by Crippen LogP contribution is -2.18. The highest BCUT2D eigenvalue weighted by atomic mass is 35.5. The summed E-state index contributed by atoms with van der Waals surface area (Å²) in [4.78, 5) is 16.1. The van der Waals surface area contributed by atoms with E-state index in [4.69, 9.17) is 16.3 Å². The zero-order valence-corrected chi connectivity index (χ0v) is 11.3. The van der Waals surface area contributed by atoms with Gasteiger partial charge in [-0.1, -0.05) is 18.2 Å². The van der Waals surface area contributed by atoms with E-state index in [1.807, 2.05) is 24.3 Å². The molecule has 1 unspecified atom stereocenters. The SMILES string of the molecule is COc1ccc(CC(Cl)C(=O)c2ccccn2)cc1. The average Bonchev–Trinajstić information content (AvgIpc) is 2.48. The first-order valence-corrected chi connectivity index (χ1v) is 6.36. The van der Waals surface area contributed by atoms with Crippen LogP contribution in [-0.4, -0.2) is 23.3 Å². The molecule has 0 amide bonds. The van der Waals surface area contributed by atoms with Gasteiger partial charge >= 0.3 is 0 Å². The van der Waals surface area contributed by atoms with Crippen molar-refractivity contribution in [3.8, 4) is 5.75 Å². The Labute approximate surface area is 117 Å². The molecule has 0 bridgehead atoms. The van der Waals surface area contributed by atoms with E-state index in [9.17, 15) is 4.79 Å². The Bertz CT molecular complexity index is 540. The second-order valence-electron chi connectivity index (χ2n) is 4.10. The molecule has 3 nitrogen and oxygen atoms in total. The van der Waals surface area contributed by atoms with Gasteiger partial charge in [0.15, 0.2) is 5.78 Å². The van der Waals surface area contributed by atoms with Gasteiger partial charge in [-0.2, -0.15) is 0 Å². The minimum atomic E-state index is -0.608. The largest absolute Gasteiger partial charge is 0.497 e. The molecule has 0 aliphatic carbocycles. The van der Waals surface area contributed by atoms with E-state index in [0.717, 1.165) is 11.3 Å². The van der Waals surface area contributed by atoms with E-state index in [-0.39, 0.29) is 5.78 Å². The second kappa shape index (κ2) is 6.34. The predicted octanol–water partition coefficient (Wildman–Crippen LogP) is 3.12. The van der Waals surface area contributed by atoms with Crippen LogP contribution in [0.3, 0.4) is 0 Å². The summed E-state index contributed by atoms with van der Waals surface area (Å²) in [5, 5.41) is -0.608. The quantitative estimate of drug-likeness (QED) is 0.622. The zero-order chi connectivity index (χ0) is 13.7. The monoisotopic (exact) mass is 275 g/mol. The fourth-order valence-corrected chi connectivity index (χ4v) is 2.02. The van der Waals surface area contributed by atoms with Crippen LogP contribution in [0.15, 0.2) is 48.7 Å². The molecule has 1 aromatic heterocycles. The van der Waals surface area contributed by atoms with Crippen molar-refractivity contribution in [2.75, 3.05) is 7.11 Å². The molecule has 0 saturated heterocycles. The van der Waals surface area contributed by atoms with Crippen molar-refractivity contribution in [3.05, 3.63) is 59.9 Å². The molecule has 0 aliphatic heterocycles. The van der Waals surface area contributed by atoms with Crippen molar-refractivity contribution < 1.29 is 9.53 Å². The van der Waals surface area contributed by atoms with Gasteiger partial charge in [0.05, 0.1) is 7.11 Å². The van der Waals surface area contributed by atoms with Crippen molar-refractivity contribution >= 4 is 17.4 Å². The van der Waals surface area contributed by atoms with Crippen LogP contribution in [0, 0.1) is 0 Å². The van der Waals surface area contributed by atoms with E-state index in [1.165, 1.54) is 0 Å². The molecule has 1 heterocycles. The number of alkyl halides is 1. The molecule has 0 saturated carbocycles. The summed E-state index contributed by atoms with van der Waals surface area (Å²) in [6.07, 6.45) is 2.06. The lowest BCUT2D eigenvalue weighted by molar-refractivity contribution is 0.0982. The highest BCUT2D eigenvalue weighted by Crippen LogP contribution is 2.16. The van der Waals surface area contributed by atoms with E-state index in [2.05, 4.69) is 4.98 Å². The zero-order valence-electron chi connectivity index (χ0n) is 10.5. The Kier molecular flexibility index (Phi) is 4.53. The number of rotatable bonds is 5. The van der Waals surface area contributed by atoms with Crippen LogP contribution in [0.4, 0.5) is 0 Å². The Morgan fingerprint density at radius 3 is 2.58 bits per heavy atom. The van der Waals surface area contributed by atoms with Crippen molar-refractivity contribution in [1.29, 1.82) is 0 Å². The average molecular weight is 276 g/mol. The summed E-state index contributed by atoms with van der Waals surface area (Å²) in [5.74, 6) is 0.629. The summed E-state index contributed by atoms with van der Waals surface area (Å²) in [7, 11) is 1.62. The number of carbonyl (C=O) groups excluding carboxylic acids is 1. The molecular formula is C15H14ClNO2. The molecule has 1 aromatic carbocycles. The molecule has 0 N–H and O–H groups in total. The summed E-state index contributed by atoms with van der Waals surface area (Å²) in [5.41, 5.74) is 1.39. The Balaban J connectivity index is 2.04. The number of pyridine rings is 1. The first kappa shape index (κ1) is 13.6. The number of hydrogen-bond donors (Lipinski definition) is 0. The van der Waals surface area contributed by atoms with Crippen molar-refractivity contribution in [2.45, 2.75) is 11.8 Å². The summed E-state index contributed by atoms with van der Waals surface area (Å²) in [6, 6.07) is 12.7. The fourth-order valence-electron chi connectivity index (χ4n) is 1.73. The van der Waals surface area contributed by atoms with Crippen LogP contribution >= 0.6 is 11.6 Å². The van der Waals surface area contributed by atoms with Crippen molar-refractivity contribution in [2.24, 2.45) is 0 Å². The standard InChI is InChI=1S/C15H14ClNO2/c1-19-12-7-5-11(6-8-12)10-13(16)15(18)14-4-2-3-9-17-14/h2-9,13H,10H2,1H3. The number of methoxy groups -OCH3 is 1. The molecule has 1 atom stereocenters. The fraction of sp³-hybridized carbons (Fsp3) is 0.200. The van der Waals surface area contributed by atoms with Crippen LogP contribution in [-0.2, 0) is 6.42 Å². The first-order chi connectivity index (χ1) is 9.20. The number of ketones is 1. The van der Waals surface area contributed by atoms with Crippen molar-refractivity contribution in [3.63, 3.8) is 0 Å². The minimum Gasteiger partial charge on any atom is -0.497 e. The number of ether oxygens (including phenoxy) is 1. The van der Waals surface area contributed by atoms with Crippen LogP contribution < -0.4 is 4.74 Å². The smallest absolute Gasteiger partial charge is 0.199 e. The van der Waals surface area contributed by atoms with Gasteiger partial charge in [0.1, 0.15) is 16.8 Å². The number of halogens is 1. The lowest BCUT2D eigenvalue weighted by atomic mass is 10.1. The Hall–Kier alpha value is -1.87. The highest BCUT2D eigenvalue weighted by Gasteiger charge is 2.18. The molecule has 0 radical (unpaired) electrons. The van der Waals surface area contributed by atoms with Crippen molar-refractivity contribution in [1.82, 2.24) is 4.98 Å². The molecule has 19 heavy (non-hydrogen) atoms. The molecule has 0 fully saturated rings. The first-order valence-electron chi connectivity index (χ1n) is 5.93. The highest BCUT2D eigenvalue weighted by molar-refractivity contribution is 6.33. The Morgan fingerprint density at radius 2 is 2.00 bits per heavy atom. The van der Waals surface area contributed by atoms with Gasteiger partial charge in [-0.05, 0) is 36.2 Å². The predicted molar refractivity (Wildman–Crippen MR) is 74.9 cm³/mol. The molecule has 2 rings (SSSR count). The third kappa shape index (κ3) is 3.55. The van der Waals surface area contributed by atoms with Gasteiger partial charge in [-0.25, -0.2) is 0 Å². The minimum absolute atomic E-state index is 0.155. The van der Waals surface area contributed by atoms with Gasteiger partial charge in [0, 0.05) is 6.20 Å². The molecule has 2 aromatic rings. The van der Waals surface area contributed by atoms with Gasteiger partial charge < -0.3 is 4.74 Å². The maximum absolute atomic E-state index is 12.1. The third-order valence-corrected chi connectivity index (χ3v) is 3.13. The molecule has 0 spiro atoms. The second-order valence-corrected chi connectivity index (χ2v) is 4.63. The summed E-state index contributed by atoms with van der Waals surface area (Å²) in [6.45, 7) is 0. The molecule has 0 aliphatic rings. The molecule has 4 heteroatoms. The number of hydrogen-bond acceptors (Lipinski definition) is 3. The van der Waals surface area contributed by atoms with Crippen LogP contribution in [0.1, 0.15) is 16.1 Å². The van der Waals surface area contributed by atoms with E-state index in [1.54, 1.807) is 31.5 Å². The van der Waals surface area contributed by atoms with Gasteiger partial charge in [0.25, 0.3) is 0 Å². The van der Waals surface area contributed by atoms with Crippen LogP contribution in [0.25, 0.3) is 0 Å². The topological polar surface area (TPSA) is 39.2 Å². The van der Waals surface area contributed by atoms with E-state index >= 15 is 0 Å². The van der Waals surface area contributed by atoms with Crippen LogP contribution in [0.2, 0.25) is 0 Å². The van der Waals surface area contributed by atoms with Gasteiger partial charge in [0.2, 0.25) is 0 Å². The third-order valence-electron chi connectivity index (χ3n) is 2.78. The number of benzene rings is 1. The van der Waals surface area contributed by atoms with E-state index in [0.29, 0.717) is 12.1 Å². The number of nitrogens with zero attached hydrogens (tertiary/aromatic N) is 1. The maximum atomic E-state index is 12.1. The van der Waals surface area contributed by atoms with Crippen LogP contribution in [0.5, 0.6) is 5.75 Å². The van der Waals surface area contributed by atoms with Gasteiger partial charge in [-0.3, -0.25) is 9.78 Å². The molecule has 98 valence electrons. The lowest BCUT2D eigenvalue weighted by Gasteiger charge is -2.08. The maximum Gasteiger partial charge on any atom is 0.199 e. The number of Topliss-reactive ketones (excluding diaryl/α,β-unsaturated/α-hetero) is 1. The summed E-state index contributed by atoms with van der Waals surface area (Å²) < 4.78 is 5.08. The number of aromatic nitrogens is 1. The normalized spacial score (nSPS) is 11.9. The summed E-state index contributed by atoms with van der Waals surface area (Å²) >= 11 is 6.15. The Morgan fingerprint density at radius 1 is 1.26 bits per heavy atom. The van der Waals surface area contributed by atoms with E-state index < -0.39 is 5.38 Å². The number of carbonyl (C=O) groups is 1. The molecular weight excluding hydrogens is 262 g/mol.